The van der Waals surface area contributed by atoms with Crippen molar-refractivity contribution in [1.29, 1.82) is 0 Å². The highest BCUT2D eigenvalue weighted by Gasteiger charge is 2.04. The number of carbonyl (C=O) groups excluding carboxylic acids is 1. The van der Waals surface area contributed by atoms with Gasteiger partial charge in [-0.15, -0.1) is 0 Å². The average Bonchev–Trinajstić information content (AvgIpc) is 2.45. The molecular formula is C15H20O5. The molecule has 5 heteroatoms. The molecule has 0 heterocycles. The molecule has 110 valence electrons. The first kappa shape index (κ1) is 16.2. The standard InChI is InChI=1S/C15H20O5/c1-12(17)3-4-13-5-6-14(15(11-13)18-2)20-10-9-19-8-7-16/h3-6,11,16H,7-10H2,1-2H3/b4-3+. The number of benzene rings is 1. The Kier molecular flexibility index (Phi) is 7.39. The Bertz CT molecular complexity index is 454. The molecule has 5 nitrogen and oxygen atoms in total. The lowest BCUT2D eigenvalue weighted by molar-refractivity contribution is -0.112. The summed E-state index contributed by atoms with van der Waals surface area (Å²) in [5.41, 5.74) is 0.862. The number of hydrogen-bond acceptors (Lipinski definition) is 5. The largest absolute Gasteiger partial charge is 0.493 e. The summed E-state index contributed by atoms with van der Waals surface area (Å²) in [6.07, 6.45) is 3.22. The third-order valence-electron chi connectivity index (χ3n) is 2.42. The number of aliphatic hydroxyl groups is 1. The lowest BCUT2D eigenvalue weighted by Crippen LogP contribution is -2.09. The highest BCUT2D eigenvalue weighted by atomic mass is 16.5. The Morgan fingerprint density at radius 3 is 2.70 bits per heavy atom. The van der Waals surface area contributed by atoms with E-state index in [9.17, 15) is 4.79 Å². The van der Waals surface area contributed by atoms with E-state index in [1.54, 1.807) is 25.3 Å². The van der Waals surface area contributed by atoms with Crippen molar-refractivity contribution in [1.82, 2.24) is 0 Å². The van der Waals surface area contributed by atoms with Gasteiger partial charge < -0.3 is 19.3 Å². The van der Waals surface area contributed by atoms with Crippen LogP contribution in [-0.2, 0) is 9.53 Å². The van der Waals surface area contributed by atoms with E-state index in [-0.39, 0.29) is 12.4 Å². The Balaban J connectivity index is 2.61. The van der Waals surface area contributed by atoms with Gasteiger partial charge in [-0.3, -0.25) is 4.79 Å². The van der Waals surface area contributed by atoms with E-state index in [1.165, 1.54) is 13.0 Å². The molecule has 0 aliphatic heterocycles. The molecule has 0 saturated carbocycles. The molecule has 0 aliphatic rings. The van der Waals surface area contributed by atoms with Gasteiger partial charge in [0.05, 0.1) is 26.9 Å². The Morgan fingerprint density at radius 1 is 1.25 bits per heavy atom. The van der Waals surface area contributed by atoms with Crippen LogP contribution in [0.3, 0.4) is 0 Å². The number of ether oxygens (including phenoxy) is 3. The highest BCUT2D eigenvalue weighted by molar-refractivity contribution is 5.91. The summed E-state index contributed by atoms with van der Waals surface area (Å²) in [5.74, 6) is 1.20. The molecule has 0 fully saturated rings. The van der Waals surface area contributed by atoms with Crippen LogP contribution in [0.4, 0.5) is 0 Å². The zero-order valence-electron chi connectivity index (χ0n) is 11.8. The Hall–Kier alpha value is -1.85. The number of ketones is 1. The van der Waals surface area contributed by atoms with E-state index in [0.29, 0.717) is 31.3 Å². The monoisotopic (exact) mass is 280 g/mol. The number of methoxy groups -OCH3 is 1. The summed E-state index contributed by atoms with van der Waals surface area (Å²) in [4.78, 5) is 10.9. The van der Waals surface area contributed by atoms with Crippen molar-refractivity contribution in [2.75, 3.05) is 33.5 Å². The summed E-state index contributed by atoms with van der Waals surface area (Å²) in [6.45, 7) is 2.57. The molecule has 0 radical (unpaired) electrons. The minimum atomic E-state index is -0.00896. The van der Waals surface area contributed by atoms with Crippen molar-refractivity contribution in [3.05, 3.63) is 29.8 Å². The molecular weight excluding hydrogens is 260 g/mol. The molecule has 0 saturated heterocycles. The number of allylic oxidation sites excluding steroid dienone is 1. The zero-order valence-corrected chi connectivity index (χ0v) is 11.8. The summed E-state index contributed by atoms with van der Waals surface area (Å²) in [5, 5.41) is 8.57. The predicted octanol–water partition coefficient (Wildman–Crippen LogP) is 1.69. The summed E-state index contributed by atoms with van der Waals surface area (Å²) in [7, 11) is 1.56. The van der Waals surface area contributed by atoms with Crippen LogP contribution in [0.15, 0.2) is 24.3 Å². The Labute approximate surface area is 118 Å². The van der Waals surface area contributed by atoms with E-state index >= 15 is 0 Å². The SMILES string of the molecule is COc1cc(/C=C/C(C)=O)ccc1OCCOCCO. The van der Waals surface area contributed by atoms with Gasteiger partial charge in [0.15, 0.2) is 17.3 Å². The van der Waals surface area contributed by atoms with Crippen LogP contribution in [0.1, 0.15) is 12.5 Å². The van der Waals surface area contributed by atoms with Gasteiger partial charge in [0.25, 0.3) is 0 Å². The molecule has 0 spiro atoms. The first-order valence-corrected chi connectivity index (χ1v) is 6.35. The maximum absolute atomic E-state index is 10.9. The minimum absolute atomic E-state index is 0.000498. The minimum Gasteiger partial charge on any atom is -0.493 e. The van der Waals surface area contributed by atoms with Crippen LogP contribution >= 0.6 is 0 Å². The summed E-state index contributed by atoms with van der Waals surface area (Å²) in [6, 6.07) is 5.42. The molecule has 1 aromatic rings. The third-order valence-corrected chi connectivity index (χ3v) is 2.42. The molecule has 1 aromatic carbocycles. The number of hydrogen-bond donors (Lipinski definition) is 1. The molecule has 20 heavy (non-hydrogen) atoms. The van der Waals surface area contributed by atoms with Crippen molar-refractivity contribution in [2.45, 2.75) is 6.92 Å². The van der Waals surface area contributed by atoms with E-state index < -0.39 is 0 Å². The van der Waals surface area contributed by atoms with Crippen LogP contribution in [-0.4, -0.2) is 44.4 Å². The predicted molar refractivity (Wildman–Crippen MR) is 76.1 cm³/mol. The Morgan fingerprint density at radius 2 is 2.05 bits per heavy atom. The van der Waals surface area contributed by atoms with E-state index in [0.717, 1.165) is 5.56 Å². The second-order valence-electron chi connectivity index (χ2n) is 4.04. The highest BCUT2D eigenvalue weighted by Crippen LogP contribution is 2.28. The molecule has 0 unspecified atom stereocenters. The molecule has 0 bridgehead atoms. The lowest BCUT2D eigenvalue weighted by atomic mass is 10.2. The smallest absolute Gasteiger partial charge is 0.161 e. The average molecular weight is 280 g/mol. The second kappa shape index (κ2) is 9.12. The fourth-order valence-electron chi connectivity index (χ4n) is 1.50. The first-order chi connectivity index (χ1) is 9.67. The molecule has 1 rings (SSSR count). The fourth-order valence-corrected chi connectivity index (χ4v) is 1.50. The maximum atomic E-state index is 10.9. The van der Waals surface area contributed by atoms with Gasteiger partial charge in [0, 0.05) is 0 Å². The van der Waals surface area contributed by atoms with Crippen molar-refractivity contribution in [2.24, 2.45) is 0 Å². The summed E-state index contributed by atoms with van der Waals surface area (Å²) >= 11 is 0. The number of carbonyl (C=O) groups is 1. The fraction of sp³-hybridized carbons (Fsp3) is 0.400. The van der Waals surface area contributed by atoms with Crippen LogP contribution in [0.25, 0.3) is 6.08 Å². The van der Waals surface area contributed by atoms with Crippen molar-refractivity contribution < 1.29 is 24.1 Å². The van der Waals surface area contributed by atoms with Gasteiger partial charge in [-0.25, -0.2) is 0 Å². The van der Waals surface area contributed by atoms with E-state index in [4.69, 9.17) is 19.3 Å². The van der Waals surface area contributed by atoms with Crippen LogP contribution < -0.4 is 9.47 Å². The zero-order chi connectivity index (χ0) is 14.8. The maximum Gasteiger partial charge on any atom is 0.161 e. The summed E-state index contributed by atoms with van der Waals surface area (Å²) < 4.78 is 15.9. The van der Waals surface area contributed by atoms with Crippen molar-refractivity contribution in [3.8, 4) is 11.5 Å². The molecule has 0 amide bonds. The van der Waals surface area contributed by atoms with Gasteiger partial charge >= 0.3 is 0 Å². The van der Waals surface area contributed by atoms with Crippen LogP contribution in [0.5, 0.6) is 11.5 Å². The van der Waals surface area contributed by atoms with Gasteiger partial charge in [-0.2, -0.15) is 0 Å². The van der Waals surface area contributed by atoms with E-state index in [1.807, 2.05) is 6.07 Å². The van der Waals surface area contributed by atoms with Crippen molar-refractivity contribution in [3.63, 3.8) is 0 Å². The molecule has 0 aliphatic carbocycles. The first-order valence-electron chi connectivity index (χ1n) is 6.35. The normalized spacial score (nSPS) is 10.8. The molecule has 0 aromatic heterocycles. The van der Waals surface area contributed by atoms with Crippen molar-refractivity contribution >= 4 is 11.9 Å². The lowest BCUT2D eigenvalue weighted by Gasteiger charge is -2.11. The quantitative estimate of drug-likeness (QED) is 0.551. The number of rotatable bonds is 9. The van der Waals surface area contributed by atoms with Gasteiger partial charge in [-0.05, 0) is 30.7 Å². The topological polar surface area (TPSA) is 65.0 Å². The number of aliphatic hydroxyl groups excluding tert-OH is 1. The molecule has 1 N–H and O–H groups in total. The van der Waals surface area contributed by atoms with Gasteiger partial charge in [-0.1, -0.05) is 12.1 Å². The third kappa shape index (κ3) is 5.86. The van der Waals surface area contributed by atoms with Gasteiger partial charge in [0.1, 0.15) is 6.61 Å². The van der Waals surface area contributed by atoms with E-state index in [2.05, 4.69) is 0 Å². The van der Waals surface area contributed by atoms with Gasteiger partial charge in [0.2, 0.25) is 0 Å². The van der Waals surface area contributed by atoms with Crippen LogP contribution in [0.2, 0.25) is 0 Å². The molecule has 0 atom stereocenters. The second-order valence-corrected chi connectivity index (χ2v) is 4.04. The van der Waals surface area contributed by atoms with Crippen LogP contribution in [0, 0.1) is 0 Å².